The van der Waals surface area contributed by atoms with E-state index in [1.165, 1.54) is 12.8 Å². The second-order valence-electron chi connectivity index (χ2n) is 5.04. The minimum atomic E-state index is -0.713. The summed E-state index contributed by atoms with van der Waals surface area (Å²) in [6.45, 7) is 1.90. The van der Waals surface area contributed by atoms with Gasteiger partial charge in [-0.15, -0.1) is 0 Å². The fraction of sp³-hybridized carbons (Fsp3) is 0.769. The third kappa shape index (κ3) is 3.35. The first-order valence-electron chi connectivity index (χ1n) is 6.65. The molecule has 19 heavy (non-hydrogen) atoms. The monoisotopic (exact) mass is 331 g/mol. The highest BCUT2D eigenvalue weighted by molar-refractivity contribution is 9.09. The smallest absolute Gasteiger partial charge is 0.364 e. The predicted octanol–water partition coefficient (Wildman–Crippen LogP) is 2.07. The lowest BCUT2D eigenvalue weighted by atomic mass is 9.98. The van der Waals surface area contributed by atoms with Crippen molar-refractivity contribution in [2.45, 2.75) is 38.7 Å². The van der Waals surface area contributed by atoms with Gasteiger partial charge in [0.1, 0.15) is 6.10 Å². The summed E-state index contributed by atoms with van der Waals surface area (Å²) in [5.74, 6) is 0.121. The fourth-order valence-electron chi connectivity index (χ4n) is 2.90. The zero-order valence-electron chi connectivity index (χ0n) is 10.9. The van der Waals surface area contributed by atoms with Gasteiger partial charge < -0.3 is 9.57 Å². The molecule has 2 fully saturated rings. The van der Waals surface area contributed by atoms with E-state index < -0.39 is 11.8 Å². The van der Waals surface area contributed by atoms with Crippen molar-refractivity contribution in [3.8, 4) is 0 Å². The van der Waals surface area contributed by atoms with E-state index in [0.29, 0.717) is 5.92 Å². The summed E-state index contributed by atoms with van der Waals surface area (Å²) >= 11 is 3.03. The van der Waals surface area contributed by atoms with Gasteiger partial charge in [0.15, 0.2) is 0 Å². The number of rotatable bonds is 6. The number of hydrogen-bond donors (Lipinski definition) is 0. The van der Waals surface area contributed by atoms with Crippen LogP contribution in [-0.4, -0.2) is 35.5 Å². The Labute approximate surface area is 120 Å². The molecule has 2 aliphatic rings. The van der Waals surface area contributed by atoms with Gasteiger partial charge in [0.2, 0.25) is 11.5 Å². The van der Waals surface area contributed by atoms with E-state index in [-0.39, 0.29) is 23.8 Å². The Morgan fingerprint density at radius 3 is 2.63 bits per heavy atom. The van der Waals surface area contributed by atoms with Crippen LogP contribution in [0.15, 0.2) is 5.16 Å². The first-order valence-corrected chi connectivity index (χ1v) is 7.78. The molecule has 3 unspecified atom stereocenters. The number of nitrogens with zero attached hydrogens (tertiary/aromatic N) is 1. The summed E-state index contributed by atoms with van der Waals surface area (Å²) < 4.78 is 4.81. The minimum Gasteiger partial charge on any atom is -0.461 e. The Bertz CT molecular complexity index is 396. The van der Waals surface area contributed by atoms with Crippen LogP contribution >= 0.6 is 15.9 Å². The molecule has 2 bridgehead atoms. The van der Waals surface area contributed by atoms with E-state index >= 15 is 0 Å². The summed E-state index contributed by atoms with van der Waals surface area (Å²) in [7, 11) is 0. The quantitative estimate of drug-likeness (QED) is 0.246. The Morgan fingerprint density at radius 2 is 2.11 bits per heavy atom. The summed E-state index contributed by atoms with van der Waals surface area (Å²) in [5.41, 5.74) is -0.249. The molecule has 6 heteroatoms. The molecule has 2 saturated carbocycles. The number of alkyl halides is 1. The largest absolute Gasteiger partial charge is 0.461 e. The third-order valence-electron chi connectivity index (χ3n) is 3.81. The summed E-state index contributed by atoms with van der Waals surface area (Å²) in [5, 5.41) is 3.81. The molecule has 0 aromatic carbocycles. The average Bonchev–Trinajstić information content (AvgIpc) is 3.01. The van der Waals surface area contributed by atoms with Crippen LogP contribution in [0.2, 0.25) is 0 Å². The number of hydrogen-bond acceptors (Lipinski definition) is 5. The van der Waals surface area contributed by atoms with Gasteiger partial charge in [-0.25, -0.2) is 4.79 Å². The fourth-order valence-corrected chi connectivity index (χ4v) is 3.17. The maximum atomic E-state index is 11.6. The number of ketones is 1. The van der Waals surface area contributed by atoms with E-state index in [1.54, 1.807) is 6.92 Å². The van der Waals surface area contributed by atoms with Crippen LogP contribution in [0.4, 0.5) is 0 Å². The van der Waals surface area contributed by atoms with Crippen molar-refractivity contribution < 1.29 is 19.2 Å². The van der Waals surface area contributed by atoms with Gasteiger partial charge in [0, 0.05) is 0 Å². The first-order chi connectivity index (χ1) is 9.15. The maximum absolute atomic E-state index is 11.6. The van der Waals surface area contributed by atoms with Crippen molar-refractivity contribution in [1.82, 2.24) is 0 Å². The molecule has 2 aliphatic carbocycles. The lowest BCUT2D eigenvalue weighted by Crippen LogP contribution is -2.29. The minimum absolute atomic E-state index is 0.0325. The molecule has 0 saturated heterocycles. The summed E-state index contributed by atoms with van der Waals surface area (Å²) in [6, 6.07) is 0. The van der Waals surface area contributed by atoms with Crippen LogP contribution in [0.3, 0.4) is 0 Å². The topological polar surface area (TPSA) is 65.0 Å². The molecule has 2 rings (SSSR count). The van der Waals surface area contributed by atoms with Gasteiger partial charge in [-0.1, -0.05) is 21.1 Å². The van der Waals surface area contributed by atoms with Crippen molar-refractivity contribution in [1.29, 1.82) is 0 Å². The van der Waals surface area contributed by atoms with Crippen molar-refractivity contribution in [2.24, 2.45) is 17.0 Å². The molecular weight excluding hydrogens is 314 g/mol. The Hall–Kier alpha value is -0.910. The number of fused-ring (bicyclic) bond motifs is 2. The van der Waals surface area contributed by atoms with Gasteiger partial charge in [-0.3, -0.25) is 4.79 Å². The normalized spacial score (nSPS) is 29.4. The molecule has 3 atom stereocenters. The van der Waals surface area contributed by atoms with Crippen molar-refractivity contribution in [2.75, 3.05) is 11.9 Å². The van der Waals surface area contributed by atoms with Gasteiger partial charge in [-0.2, -0.15) is 0 Å². The third-order valence-corrected chi connectivity index (χ3v) is 4.32. The number of halogens is 1. The zero-order chi connectivity index (χ0) is 13.8. The van der Waals surface area contributed by atoms with E-state index in [2.05, 4.69) is 21.1 Å². The van der Waals surface area contributed by atoms with Crippen LogP contribution in [0, 0.1) is 11.8 Å². The van der Waals surface area contributed by atoms with Gasteiger partial charge in [-0.05, 0) is 44.4 Å². The molecule has 0 spiro atoms. The van der Waals surface area contributed by atoms with Crippen LogP contribution in [0.25, 0.3) is 0 Å². The molecule has 0 radical (unpaired) electrons. The Morgan fingerprint density at radius 1 is 1.32 bits per heavy atom. The summed E-state index contributed by atoms with van der Waals surface area (Å²) in [4.78, 5) is 28.7. The van der Waals surface area contributed by atoms with Gasteiger partial charge in [0.25, 0.3) is 0 Å². The van der Waals surface area contributed by atoms with E-state index in [9.17, 15) is 9.59 Å². The molecule has 106 valence electrons. The number of oxime groups is 1. The highest BCUT2D eigenvalue weighted by Crippen LogP contribution is 2.45. The molecule has 0 N–H and O–H groups in total. The van der Waals surface area contributed by atoms with E-state index in [1.807, 2.05) is 0 Å². The highest BCUT2D eigenvalue weighted by atomic mass is 79.9. The number of carbonyl (C=O) groups excluding carboxylic acids is 2. The van der Waals surface area contributed by atoms with E-state index in [0.717, 1.165) is 18.8 Å². The molecule has 5 nitrogen and oxygen atoms in total. The Kier molecular flexibility index (Phi) is 4.96. The van der Waals surface area contributed by atoms with Crippen LogP contribution < -0.4 is 0 Å². The first kappa shape index (κ1) is 14.5. The van der Waals surface area contributed by atoms with Crippen LogP contribution in [-0.2, 0) is 19.2 Å². The zero-order valence-corrected chi connectivity index (χ0v) is 12.5. The van der Waals surface area contributed by atoms with Crippen molar-refractivity contribution >= 4 is 33.4 Å². The van der Waals surface area contributed by atoms with Gasteiger partial charge >= 0.3 is 5.97 Å². The summed E-state index contributed by atoms with van der Waals surface area (Å²) in [6.07, 6.45) is 4.63. The Balaban J connectivity index is 1.99. The average molecular weight is 332 g/mol. The lowest BCUT2D eigenvalue weighted by molar-refractivity contribution is -0.136. The molecule has 0 aliphatic heterocycles. The number of esters is 1. The number of ether oxygens (including phenoxy) is 1. The number of Topliss-reactive ketones (excluding diaryl/α,β-unsaturated/α-hetero) is 1. The molecule has 0 amide bonds. The molecule has 0 heterocycles. The standard InChI is InChI=1S/C13H18BrNO4/c1-2-18-13(17)12(10(16)7-14)15-19-11-6-8-3-4-9(11)5-8/h8-9,11H,2-7H2,1H3. The van der Waals surface area contributed by atoms with E-state index in [4.69, 9.17) is 9.57 Å². The van der Waals surface area contributed by atoms with Crippen molar-refractivity contribution in [3.63, 3.8) is 0 Å². The molecule has 0 aromatic heterocycles. The SMILES string of the molecule is CCOC(=O)C(=NOC1CC2CCC1C2)C(=O)CBr. The maximum Gasteiger partial charge on any atom is 0.364 e. The highest BCUT2D eigenvalue weighted by Gasteiger charge is 2.41. The van der Waals surface area contributed by atoms with Crippen LogP contribution in [0.1, 0.15) is 32.6 Å². The lowest BCUT2D eigenvalue weighted by Gasteiger charge is -2.19. The molecule has 0 aromatic rings. The number of carbonyl (C=O) groups is 2. The van der Waals surface area contributed by atoms with Crippen LogP contribution in [0.5, 0.6) is 0 Å². The predicted molar refractivity (Wildman–Crippen MR) is 73.2 cm³/mol. The second-order valence-corrected chi connectivity index (χ2v) is 5.60. The van der Waals surface area contributed by atoms with Crippen molar-refractivity contribution in [3.05, 3.63) is 0 Å². The molecular formula is C13H18BrNO4. The second kappa shape index (κ2) is 6.50. The van der Waals surface area contributed by atoms with Gasteiger partial charge in [0.05, 0.1) is 11.9 Å².